The van der Waals surface area contributed by atoms with Gasteiger partial charge in [-0.25, -0.2) is 4.79 Å². The molecule has 5 heteroatoms. The molecule has 1 aliphatic heterocycles. The second-order valence-corrected chi connectivity index (χ2v) is 6.88. The third-order valence-corrected chi connectivity index (χ3v) is 3.94. The van der Waals surface area contributed by atoms with Gasteiger partial charge < -0.3 is 14.7 Å². The fourth-order valence-corrected chi connectivity index (χ4v) is 2.75. The van der Waals surface area contributed by atoms with E-state index >= 15 is 0 Å². The van der Waals surface area contributed by atoms with Crippen LogP contribution in [0.1, 0.15) is 37.5 Å². The zero-order valence-electron chi connectivity index (χ0n) is 12.1. The van der Waals surface area contributed by atoms with Gasteiger partial charge in [0.05, 0.1) is 6.61 Å². The van der Waals surface area contributed by atoms with Crippen LogP contribution in [0.15, 0.2) is 16.6 Å². The van der Waals surface area contributed by atoms with E-state index in [1.807, 2.05) is 32.9 Å². The summed E-state index contributed by atoms with van der Waals surface area (Å²) in [6, 6.07) is 3.99. The number of hydrogen-bond donors (Lipinski definition) is 1. The van der Waals surface area contributed by atoms with Crippen molar-refractivity contribution >= 4 is 22.0 Å². The first-order chi connectivity index (χ1) is 9.30. The highest BCUT2D eigenvalue weighted by Crippen LogP contribution is 2.27. The summed E-state index contributed by atoms with van der Waals surface area (Å²) in [5.74, 6) is 0. The lowest BCUT2D eigenvalue weighted by Gasteiger charge is -2.31. The minimum absolute atomic E-state index is 0.0175. The van der Waals surface area contributed by atoms with Gasteiger partial charge in [-0.1, -0.05) is 22.0 Å². The number of aliphatic hydroxyl groups excluding tert-OH is 1. The van der Waals surface area contributed by atoms with Gasteiger partial charge in [0.2, 0.25) is 0 Å². The minimum Gasteiger partial charge on any atom is -0.444 e. The van der Waals surface area contributed by atoms with Crippen molar-refractivity contribution in [1.82, 2.24) is 4.90 Å². The molecule has 1 N–H and O–H groups in total. The molecule has 1 amide bonds. The van der Waals surface area contributed by atoms with E-state index in [4.69, 9.17) is 4.74 Å². The summed E-state index contributed by atoms with van der Waals surface area (Å²) in [6.45, 7) is 6.82. The van der Waals surface area contributed by atoms with E-state index in [-0.39, 0.29) is 12.7 Å². The quantitative estimate of drug-likeness (QED) is 0.852. The third-order valence-electron chi connectivity index (χ3n) is 3.20. The Bertz CT molecular complexity index is 523. The van der Waals surface area contributed by atoms with Crippen LogP contribution in [0.25, 0.3) is 0 Å². The molecule has 1 aromatic carbocycles. The van der Waals surface area contributed by atoms with E-state index in [2.05, 4.69) is 15.9 Å². The lowest BCUT2D eigenvalue weighted by Crippen LogP contribution is -2.39. The summed E-state index contributed by atoms with van der Waals surface area (Å²) in [5.41, 5.74) is 2.70. The molecule has 1 heterocycles. The van der Waals surface area contributed by atoms with Crippen molar-refractivity contribution in [2.75, 3.05) is 6.54 Å². The van der Waals surface area contributed by atoms with E-state index in [1.54, 1.807) is 4.90 Å². The van der Waals surface area contributed by atoms with Crippen LogP contribution in [0.3, 0.4) is 0 Å². The van der Waals surface area contributed by atoms with Gasteiger partial charge in [-0.15, -0.1) is 0 Å². The number of fused-ring (bicyclic) bond motifs is 1. The van der Waals surface area contributed by atoms with Crippen molar-refractivity contribution in [3.05, 3.63) is 33.3 Å². The first-order valence-corrected chi connectivity index (χ1v) is 7.48. The predicted octanol–water partition coefficient (Wildman–Crippen LogP) is 3.23. The molecule has 4 nitrogen and oxygen atoms in total. The summed E-state index contributed by atoms with van der Waals surface area (Å²) in [7, 11) is 0. The molecule has 110 valence electrons. The highest BCUT2D eigenvalue weighted by atomic mass is 79.9. The Morgan fingerprint density at radius 3 is 2.70 bits per heavy atom. The molecule has 0 unspecified atom stereocenters. The van der Waals surface area contributed by atoms with Crippen molar-refractivity contribution in [2.45, 2.75) is 45.9 Å². The normalized spacial score (nSPS) is 14.9. The van der Waals surface area contributed by atoms with Crippen molar-refractivity contribution in [3.63, 3.8) is 0 Å². The smallest absolute Gasteiger partial charge is 0.410 e. The molecule has 0 spiro atoms. The molecule has 0 saturated heterocycles. The SMILES string of the molecule is CC(C)(C)OC(=O)N1CCc2cc(CO)c(Br)cc2C1. The number of carbonyl (C=O) groups excluding carboxylic acids is 1. The second-order valence-electron chi connectivity index (χ2n) is 6.02. The Kier molecular flexibility index (Phi) is 4.39. The number of aliphatic hydroxyl groups is 1. The van der Waals surface area contributed by atoms with Crippen molar-refractivity contribution < 1.29 is 14.6 Å². The van der Waals surface area contributed by atoms with Gasteiger partial charge in [0, 0.05) is 17.6 Å². The van der Waals surface area contributed by atoms with Crippen molar-refractivity contribution in [3.8, 4) is 0 Å². The molecular formula is C15H20BrNO3. The van der Waals surface area contributed by atoms with E-state index < -0.39 is 5.60 Å². The van der Waals surface area contributed by atoms with Crippen LogP contribution in [0.2, 0.25) is 0 Å². The zero-order valence-corrected chi connectivity index (χ0v) is 13.7. The van der Waals surface area contributed by atoms with Gasteiger partial charge in [0.15, 0.2) is 0 Å². The summed E-state index contributed by atoms with van der Waals surface area (Å²) >= 11 is 3.45. The summed E-state index contributed by atoms with van der Waals surface area (Å²) in [5, 5.41) is 9.27. The van der Waals surface area contributed by atoms with E-state index in [1.165, 1.54) is 5.56 Å². The number of rotatable bonds is 1. The van der Waals surface area contributed by atoms with Crippen LogP contribution in [-0.2, 0) is 24.3 Å². The van der Waals surface area contributed by atoms with E-state index in [9.17, 15) is 9.90 Å². The van der Waals surface area contributed by atoms with E-state index in [0.29, 0.717) is 13.1 Å². The fourth-order valence-electron chi connectivity index (χ4n) is 2.23. The Labute approximate surface area is 127 Å². The number of amides is 1. The maximum atomic E-state index is 12.1. The highest BCUT2D eigenvalue weighted by molar-refractivity contribution is 9.10. The maximum Gasteiger partial charge on any atom is 0.410 e. The standard InChI is InChI=1S/C15H20BrNO3/c1-15(2,3)20-14(19)17-5-4-10-6-12(9-18)13(16)7-11(10)8-17/h6-7,18H,4-5,8-9H2,1-3H3. The number of halogens is 1. The molecule has 0 aliphatic carbocycles. The fraction of sp³-hybridized carbons (Fsp3) is 0.533. The summed E-state index contributed by atoms with van der Waals surface area (Å²) in [4.78, 5) is 13.8. The number of benzene rings is 1. The van der Waals surface area contributed by atoms with Crippen LogP contribution in [-0.4, -0.2) is 28.2 Å². The highest BCUT2D eigenvalue weighted by Gasteiger charge is 2.26. The second kappa shape index (κ2) is 5.74. The van der Waals surface area contributed by atoms with Gasteiger partial charge in [0.1, 0.15) is 5.60 Å². The Balaban J connectivity index is 2.15. The number of nitrogens with zero attached hydrogens (tertiary/aromatic N) is 1. The molecule has 0 aromatic heterocycles. The van der Waals surface area contributed by atoms with Crippen LogP contribution >= 0.6 is 15.9 Å². The van der Waals surface area contributed by atoms with Crippen LogP contribution in [0.4, 0.5) is 4.79 Å². The van der Waals surface area contributed by atoms with Crippen LogP contribution < -0.4 is 0 Å². The first kappa shape index (κ1) is 15.3. The van der Waals surface area contributed by atoms with Crippen LogP contribution in [0, 0.1) is 0 Å². The number of ether oxygens (including phenoxy) is 1. The maximum absolute atomic E-state index is 12.1. The number of carbonyl (C=O) groups is 1. The molecular weight excluding hydrogens is 322 g/mol. The van der Waals surface area contributed by atoms with Gasteiger partial charge in [-0.3, -0.25) is 0 Å². The Morgan fingerprint density at radius 2 is 2.10 bits per heavy atom. The number of hydrogen-bond acceptors (Lipinski definition) is 3. The summed E-state index contributed by atoms with van der Waals surface area (Å²) < 4.78 is 6.28. The van der Waals surface area contributed by atoms with Crippen molar-refractivity contribution in [1.29, 1.82) is 0 Å². The van der Waals surface area contributed by atoms with Crippen molar-refractivity contribution in [2.24, 2.45) is 0 Å². The lowest BCUT2D eigenvalue weighted by atomic mass is 9.97. The molecule has 20 heavy (non-hydrogen) atoms. The Morgan fingerprint density at radius 1 is 1.40 bits per heavy atom. The summed E-state index contributed by atoms with van der Waals surface area (Å²) in [6.07, 6.45) is 0.514. The zero-order chi connectivity index (χ0) is 14.9. The minimum atomic E-state index is -0.474. The third kappa shape index (κ3) is 3.52. The van der Waals surface area contributed by atoms with Gasteiger partial charge in [-0.2, -0.15) is 0 Å². The van der Waals surface area contributed by atoms with Crippen LogP contribution in [0.5, 0.6) is 0 Å². The average Bonchev–Trinajstić information content (AvgIpc) is 2.35. The monoisotopic (exact) mass is 341 g/mol. The molecule has 0 atom stereocenters. The lowest BCUT2D eigenvalue weighted by molar-refractivity contribution is 0.0224. The molecule has 0 fully saturated rings. The van der Waals surface area contributed by atoms with E-state index in [0.717, 1.165) is 22.0 Å². The first-order valence-electron chi connectivity index (χ1n) is 6.69. The van der Waals surface area contributed by atoms with Gasteiger partial charge in [0.25, 0.3) is 0 Å². The molecule has 0 saturated carbocycles. The molecule has 1 aliphatic rings. The largest absolute Gasteiger partial charge is 0.444 e. The molecule has 0 radical (unpaired) electrons. The molecule has 0 bridgehead atoms. The molecule has 2 rings (SSSR count). The molecule has 1 aromatic rings. The topological polar surface area (TPSA) is 49.8 Å². The average molecular weight is 342 g/mol. The predicted molar refractivity (Wildman–Crippen MR) is 80.4 cm³/mol. The Hall–Kier alpha value is -1.07. The van der Waals surface area contributed by atoms with Gasteiger partial charge in [-0.05, 0) is 49.9 Å². The van der Waals surface area contributed by atoms with Gasteiger partial charge >= 0.3 is 6.09 Å².